The quantitative estimate of drug-likeness (QED) is 0.120. The largest absolute Gasteiger partial charge is 0.458 e. The summed E-state index contributed by atoms with van der Waals surface area (Å²) in [5.41, 5.74) is 6.00. The number of rotatable bonds is 7. The van der Waals surface area contributed by atoms with E-state index in [9.17, 15) is 0 Å². The zero-order valence-corrected chi connectivity index (χ0v) is 31.4. The minimum absolute atomic E-state index is 0.0690. The standard InChI is InChI=1S/C52H40N4O/c1-52(2,3)38-30-31-53-50(32-38)56-46-25-11-10-22-44(46)45-29-28-41(34-49(45)56)57-40-21-14-20-39(33-40)54-35-55(48-27-13-12-26-47(48)54)51-42(36-16-6-4-7-17-36)23-15-24-43(51)37-18-8-5-9-19-37/h4-34H,1-3H3/i4D,5D,6D,7D,8D,9D,16D,17D,18D. The van der Waals surface area contributed by atoms with Gasteiger partial charge in [0.05, 0.1) is 45.8 Å². The average Bonchev–Trinajstić information content (AvgIpc) is 3.86. The summed E-state index contributed by atoms with van der Waals surface area (Å²) in [5, 5.41) is 2.15. The molecule has 3 aromatic heterocycles. The van der Waals surface area contributed by atoms with E-state index in [0.717, 1.165) is 27.6 Å². The van der Waals surface area contributed by atoms with Crippen LogP contribution in [0.15, 0.2) is 188 Å². The van der Waals surface area contributed by atoms with Crippen LogP contribution in [0.5, 0.6) is 11.5 Å². The molecular formula is C52H40N4O. The second kappa shape index (κ2) is 13.8. The Morgan fingerprint density at radius 3 is 2.16 bits per heavy atom. The first kappa shape index (κ1) is 25.8. The van der Waals surface area contributed by atoms with Gasteiger partial charge >= 0.3 is 0 Å². The van der Waals surface area contributed by atoms with Gasteiger partial charge in [0.15, 0.2) is 0 Å². The second-order valence-corrected chi connectivity index (χ2v) is 14.8. The summed E-state index contributed by atoms with van der Waals surface area (Å²) in [6, 6.07) is 36.1. The summed E-state index contributed by atoms with van der Waals surface area (Å²) in [6.45, 7) is 6.55. The molecule has 10 rings (SSSR count). The number of para-hydroxylation sites is 4. The Kier molecular flexibility index (Phi) is 6.24. The van der Waals surface area contributed by atoms with E-state index in [4.69, 9.17) is 22.1 Å². The molecule has 10 aromatic rings. The monoisotopic (exact) mass is 745 g/mol. The summed E-state index contributed by atoms with van der Waals surface area (Å²) in [6.07, 6.45) is 5.33. The van der Waals surface area contributed by atoms with Crippen molar-refractivity contribution in [2.45, 2.75) is 26.2 Å². The van der Waals surface area contributed by atoms with Crippen molar-refractivity contribution in [2.75, 3.05) is 0 Å². The zero-order valence-electron chi connectivity index (χ0n) is 40.4. The second-order valence-electron chi connectivity index (χ2n) is 14.8. The first-order chi connectivity index (χ1) is 31.6. The van der Waals surface area contributed by atoms with Gasteiger partial charge in [0.25, 0.3) is 6.33 Å². The van der Waals surface area contributed by atoms with Crippen LogP contribution < -0.4 is 9.30 Å². The summed E-state index contributed by atoms with van der Waals surface area (Å²) in [7, 11) is 0. The van der Waals surface area contributed by atoms with E-state index in [1.165, 1.54) is 11.6 Å². The van der Waals surface area contributed by atoms with E-state index >= 15 is 0 Å². The van der Waals surface area contributed by atoms with Gasteiger partial charge in [-0.2, -0.15) is 0 Å². The van der Waals surface area contributed by atoms with E-state index in [1.807, 2.05) is 83.6 Å². The van der Waals surface area contributed by atoms with Crippen molar-refractivity contribution >= 4 is 32.8 Å². The van der Waals surface area contributed by atoms with E-state index < -0.39 is 42.3 Å². The molecule has 0 amide bonds. The van der Waals surface area contributed by atoms with Gasteiger partial charge in [0, 0.05) is 23.0 Å². The molecule has 5 nitrogen and oxygen atoms in total. The molecular weight excluding hydrogens is 697 g/mol. The number of imidazole rings is 1. The van der Waals surface area contributed by atoms with Crippen molar-refractivity contribution < 1.29 is 21.6 Å². The predicted molar refractivity (Wildman–Crippen MR) is 232 cm³/mol. The maximum Gasteiger partial charge on any atom is 0.269 e. The van der Waals surface area contributed by atoms with Crippen LogP contribution in [0.4, 0.5) is 0 Å². The Morgan fingerprint density at radius 1 is 0.614 bits per heavy atom. The number of hydrogen-bond donors (Lipinski definition) is 0. The van der Waals surface area contributed by atoms with Crippen LogP contribution >= 0.6 is 0 Å². The highest BCUT2D eigenvalue weighted by molar-refractivity contribution is 6.09. The van der Waals surface area contributed by atoms with E-state index in [-0.39, 0.29) is 34.2 Å². The minimum Gasteiger partial charge on any atom is -0.458 e. The van der Waals surface area contributed by atoms with Crippen LogP contribution in [-0.2, 0) is 5.41 Å². The van der Waals surface area contributed by atoms with Crippen LogP contribution in [0.2, 0.25) is 0 Å². The summed E-state index contributed by atoms with van der Waals surface area (Å²) in [5.74, 6) is 1.96. The molecule has 0 spiro atoms. The number of fused-ring (bicyclic) bond motifs is 4. The summed E-state index contributed by atoms with van der Waals surface area (Å²) in [4.78, 5) is 4.82. The zero-order chi connectivity index (χ0) is 46.3. The topological polar surface area (TPSA) is 35.9 Å². The summed E-state index contributed by atoms with van der Waals surface area (Å²) >= 11 is 0. The van der Waals surface area contributed by atoms with Crippen LogP contribution in [0.3, 0.4) is 0 Å². The predicted octanol–water partition coefficient (Wildman–Crippen LogP) is 12.6. The molecule has 0 atom stereocenters. The van der Waals surface area contributed by atoms with Gasteiger partial charge in [-0.3, -0.25) is 13.7 Å². The molecule has 0 radical (unpaired) electrons. The third-order valence-electron chi connectivity index (χ3n) is 10.2. The van der Waals surface area contributed by atoms with Crippen molar-refractivity contribution in [3.63, 3.8) is 0 Å². The van der Waals surface area contributed by atoms with Gasteiger partial charge < -0.3 is 4.74 Å². The number of aromatic nitrogens is 4. The van der Waals surface area contributed by atoms with Gasteiger partial charge in [-0.25, -0.2) is 4.98 Å². The highest BCUT2D eigenvalue weighted by atomic mass is 16.5. The van der Waals surface area contributed by atoms with E-state index in [1.54, 1.807) is 22.8 Å². The molecule has 57 heavy (non-hydrogen) atoms. The van der Waals surface area contributed by atoms with Gasteiger partial charge in [0.1, 0.15) is 17.3 Å². The van der Waals surface area contributed by atoms with Crippen molar-refractivity contribution in [1.82, 2.24) is 14.1 Å². The smallest absolute Gasteiger partial charge is 0.269 e. The first-order valence-electron chi connectivity index (χ1n) is 23.1. The van der Waals surface area contributed by atoms with Crippen molar-refractivity contribution in [1.29, 1.82) is 0 Å². The van der Waals surface area contributed by atoms with Crippen molar-refractivity contribution in [3.05, 3.63) is 200 Å². The lowest BCUT2D eigenvalue weighted by Crippen LogP contribution is -2.31. The van der Waals surface area contributed by atoms with E-state index in [0.29, 0.717) is 39.5 Å². The number of nitrogens with zero attached hydrogens (tertiary/aromatic N) is 4. The van der Waals surface area contributed by atoms with Crippen LogP contribution in [0.1, 0.15) is 38.7 Å². The maximum atomic E-state index is 8.99. The Morgan fingerprint density at radius 2 is 1.32 bits per heavy atom. The van der Waals surface area contributed by atoms with Crippen LogP contribution in [-0.4, -0.2) is 14.1 Å². The Labute approximate surface area is 345 Å². The van der Waals surface area contributed by atoms with Gasteiger partial charge in [-0.1, -0.05) is 148 Å². The molecule has 0 aliphatic carbocycles. The highest BCUT2D eigenvalue weighted by Crippen LogP contribution is 2.37. The molecule has 0 N–H and O–H groups in total. The molecule has 274 valence electrons. The molecule has 3 heterocycles. The lowest BCUT2D eigenvalue weighted by atomic mass is 9.88. The fourth-order valence-corrected chi connectivity index (χ4v) is 7.52. The molecule has 0 bridgehead atoms. The van der Waals surface area contributed by atoms with Crippen molar-refractivity contribution in [2.24, 2.45) is 0 Å². The number of pyridine rings is 1. The molecule has 7 aromatic carbocycles. The SMILES string of the molecule is [2H]c1cc(-c2cccc(-c3c([2H])c([2H])c([2H])c([2H])c3[2H])c2-[n+]2[c-]n(-c3cccc(Oc4ccc5c6ccccc6n(-c6cc(C(C)(C)C)ccn6)c5c4)c3)c3ccccc32)c([2H])c([2H])c1[2H]. The number of ether oxygens (including phenoxy) is 1. The molecule has 5 heteroatoms. The number of hydrogen-bond acceptors (Lipinski definition) is 2. The molecule has 0 fully saturated rings. The third kappa shape index (κ3) is 6.14. The third-order valence-corrected chi connectivity index (χ3v) is 10.2. The lowest BCUT2D eigenvalue weighted by molar-refractivity contribution is -0.571. The Hall–Kier alpha value is -7.24. The minimum atomic E-state index is -0.535. The van der Waals surface area contributed by atoms with Crippen LogP contribution in [0.25, 0.3) is 72.3 Å². The average molecular weight is 746 g/mol. The van der Waals surface area contributed by atoms with E-state index in [2.05, 4.69) is 62.0 Å². The van der Waals surface area contributed by atoms with Gasteiger partial charge in [0.2, 0.25) is 0 Å². The van der Waals surface area contributed by atoms with Crippen LogP contribution in [0, 0.1) is 6.33 Å². The molecule has 0 aliphatic rings. The first-order valence-corrected chi connectivity index (χ1v) is 18.6. The molecule has 0 saturated heterocycles. The fraction of sp³-hybridized carbons (Fsp3) is 0.0769. The number of benzene rings is 7. The van der Waals surface area contributed by atoms with Crippen molar-refractivity contribution in [3.8, 4) is 50.9 Å². The normalized spacial score (nSPS) is 14.0. The van der Waals surface area contributed by atoms with Gasteiger partial charge in [-0.05, 0) is 81.8 Å². The lowest BCUT2D eigenvalue weighted by Gasteiger charge is -2.20. The summed E-state index contributed by atoms with van der Waals surface area (Å²) < 4.78 is 90.0. The Balaban J connectivity index is 1.14. The Bertz CT molecular complexity index is 3600. The van der Waals surface area contributed by atoms with Gasteiger partial charge in [-0.15, -0.1) is 0 Å². The highest BCUT2D eigenvalue weighted by Gasteiger charge is 2.21. The molecule has 0 saturated carbocycles. The molecule has 0 aliphatic heterocycles. The molecule has 0 unspecified atom stereocenters. The fourth-order valence-electron chi connectivity index (χ4n) is 7.52. The maximum absolute atomic E-state index is 8.99.